The Morgan fingerprint density at radius 3 is 1.64 bits per heavy atom. The van der Waals surface area contributed by atoms with Crippen LogP contribution < -0.4 is 5.32 Å². The Morgan fingerprint density at radius 2 is 1.12 bits per heavy atom. The lowest BCUT2D eigenvalue weighted by Crippen LogP contribution is -2.15. The number of benzene rings is 4. The quantitative estimate of drug-likeness (QED) is 0.308. The molecule has 0 aromatic heterocycles. The number of anilines is 1. The number of carboxylic acids is 1. The Bertz CT molecular complexity index is 1230. The van der Waals surface area contributed by atoms with Gasteiger partial charge < -0.3 is 20.6 Å². The van der Waals surface area contributed by atoms with Gasteiger partial charge in [-0.2, -0.15) is 0 Å². The van der Waals surface area contributed by atoms with Crippen molar-refractivity contribution in [1.82, 2.24) is 0 Å². The maximum Gasteiger partial charge on any atom is 0.335 e. The van der Waals surface area contributed by atoms with Crippen LogP contribution in [0.15, 0.2) is 97.1 Å². The number of phenolic OH excluding ortho intramolecular Hbond substituents is 2. The molecule has 4 aromatic rings. The summed E-state index contributed by atoms with van der Waals surface area (Å²) in [6.45, 7) is 0. The van der Waals surface area contributed by atoms with Crippen LogP contribution in [0, 0.1) is 0 Å². The van der Waals surface area contributed by atoms with Crippen molar-refractivity contribution in [2.24, 2.45) is 0 Å². The minimum absolute atomic E-state index is 0.103. The number of hydrogen-bond donors (Lipinski definition) is 4. The van der Waals surface area contributed by atoms with Gasteiger partial charge in [0.1, 0.15) is 11.5 Å². The topological polar surface area (TPSA) is 107 Å². The number of carboxylic acid groups (broad SMARTS) is 1. The van der Waals surface area contributed by atoms with E-state index in [2.05, 4.69) is 5.32 Å². The lowest BCUT2D eigenvalue weighted by molar-refractivity contribution is 0.0696. The fourth-order valence-electron chi connectivity index (χ4n) is 3.71. The molecule has 164 valence electrons. The zero-order valence-electron chi connectivity index (χ0n) is 17.5. The summed E-state index contributed by atoms with van der Waals surface area (Å²) in [4.78, 5) is 24.0. The molecule has 0 unspecified atom stereocenters. The smallest absolute Gasteiger partial charge is 0.335 e. The average molecular weight is 439 g/mol. The van der Waals surface area contributed by atoms with Gasteiger partial charge in [0.25, 0.3) is 5.91 Å². The second-order valence-electron chi connectivity index (χ2n) is 7.54. The van der Waals surface area contributed by atoms with Gasteiger partial charge in [-0.1, -0.05) is 42.5 Å². The molecule has 0 spiro atoms. The summed E-state index contributed by atoms with van der Waals surface area (Å²) >= 11 is 0. The number of aromatic hydroxyl groups is 2. The van der Waals surface area contributed by atoms with Gasteiger partial charge in [-0.15, -0.1) is 0 Å². The van der Waals surface area contributed by atoms with Gasteiger partial charge in [-0.05, 0) is 71.3 Å². The SMILES string of the molecule is O=C(O)c1ccc(C(=O)Nc2ccccc2C(c2ccc(O)cc2)c2ccc(O)cc2)cc1. The fourth-order valence-corrected chi connectivity index (χ4v) is 3.71. The molecule has 0 radical (unpaired) electrons. The number of hydrogen-bond acceptors (Lipinski definition) is 4. The number of carbonyl (C=O) groups is 2. The van der Waals surface area contributed by atoms with Crippen molar-refractivity contribution in [2.75, 3.05) is 5.32 Å². The lowest BCUT2D eigenvalue weighted by atomic mass is 9.84. The Labute approximate surface area is 190 Å². The number of phenols is 2. The molecule has 4 aromatic carbocycles. The summed E-state index contributed by atoms with van der Waals surface area (Å²) in [5.41, 5.74) is 3.64. The van der Waals surface area contributed by atoms with E-state index in [1.54, 1.807) is 30.3 Å². The van der Waals surface area contributed by atoms with Gasteiger partial charge in [-0.3, -0.25) is 4.79 Å². The van der Waals surface area contributed by atoms with Gasteiger partial charge >= 0.3 is 5.97 Å². The minimum atomic E-state index is -1.06. The number of aromatic carboxylic acids is 1. The van der Waals surface area contributed by atoms with Crippen LogP contribution in [-0.2, 0) is 0 Å². The maximum absolute atomic E-state index is 12.9. The van der Waals surface area contributed by atoms with E-state index in [1.807, 2.05) is 42.5 Å². The van der Waals surface area contributed by atoms with E-state index in [4.69, 9.17) is 5.11 Å². The highest BCUT2D eigenvalue weighted by Crippen LogP contribution is 2.37. The number of carbonyl (C=O) groups excluding carboxylic acids is 1. The van der Waals surface area contributed by atoms with Crippen molar-refractivity contribution < 1.29 is 24.9 Å². The molecule has 0 saturated carbocycles. The molecule has 6 nitrogen and oxygen atoms in total. The summed E-state index contributed by atoms with van der Waals surface area (Å²) < 4.78 is 0. The Hall–Kier alpha value is -4.58. The van der Waals surface area contributed by atoms with Crippen LogP contribution in [0.3, 0.4) is 0 Å². The predicted octanol–water partition coefficient (Wildman–Crippen LogP) is 5.23. The zero-order valence-corrected chi connectivity index (χ0v) is 17.5. The average Bonchev–Trinajstić information content (AvgIpc) is 2.82. The van der Waals surface area contributed by atoms with Crippen molar-refractivity contribution in [2.45, 2.75) is 5.92 Å². The monoisotopic (exact) mass is 439 g/mol. The zero-order chi connectivity index (χ0) is 23.4. The van der Waals surface area contributed by atoms with Crippen molar-refractivity contribution in [3.05, 3.63) is 125 Å². The Kier molecular flexibility index (Phi) is 6.09. The molecule has 0 heterocycles. The van der Waals surface area contributed by atoms with Gasteiger partial charge in [0.2, 0.25) is 0 Å². The first-order valence-corrected chi connectivity index (χ1v) is 10.2. The van der Waals surface area contributed by atoms with Crippen LogP contribution in [0.1, 0.15) is 43.3 Å². The maximum atomic E-state index is 12.9. The molecular formula is C27H21NO5. The number of para-hydroxylation sites is 1. The Morgan fingerprint density at radius 1 is 0.636 bits per heavy atom. The molecule has 4 N–H and O–H groups in total. The van der Waals surface area contributed by atoms with Gasteiger partial charge in [0.15, 0.2) is 0 Å². The second kappa shape index (κ2) is 9.28. The van der Waals surface area contributed by atoms with Crippen molar-refractivity contribution in [1.29, 1.82) is 0 Å². The molecule has 0 atom stereocenters. The summed E-state index contributed by atoms with van der Waals surface area (Å²) in [5, 5.41) is 31.5. The van der Waals surface area contributed by atoms with Crippen LogP contribution in [0.5, 0.6) is 11.5 Å². The molecule has 0 aliphatic heterocycles. The van der Waals surface area contributed by atoms with E-state index in [0.717, 1.165) is 16.7 Å². The largest absolute Gasteiger partial charge is 0.508 e. The molecule has 4 rings (SSSR count). The first-order valence-electron chi connectivity index (χ1n) is 10.2. The highest BCUT2D eigenvalue weighted by molar-refractivity contribution is 6.05. The summed E-state index contributed by atoms with van der Waals surface area (Å²) in [6, 6.07) is 26.8. The predicted molar refractivity (Wildman–Crippen MR) is 125 cm³/mol. The van der Waals surface area contributed by atoms with Crippen molar-refractivity contribution in [3.63, 3.8) is 0 Å². The third-order valence-electron chi connectivity index (χ3n) is 5.37. The molecule has 6 heteroatoms. The van der Waals surface area contributed by atoms with Gasteiger partial charge in [-0.25, -0.2) is 4.79 Å². The van der Waals surface area contributed by atoms with Crippen LogP contribution in [0.4, 0.5) is 5.69 Å². The van der Waals surface area contributed by atoms with E-state index in [1.165, 1.54) is 24.3 Å². The van der Waals surface area contributed by atoms with Crippen molar-refractivity contribution >= 4 is 17.6 Å². The fraction of sp³-hybridized carbons (Fsp3) is 0.0370. The standard InChI is InChI=1S/C27H21NO5/c29-21-13-9-17(10-14-21)25(18-11-15-22(30)16-12-18)23-3-1-2-4-24(23)28-26(31)19-5-7-20(8-6-19)27(32)33/h1-16,25,29-30H,(H,28,31)(H,32,33). The third kappa shape index (κ3) is 4.85. The summed E-state index contributed by atoms with van der Waals surface area (Å²) in [6.07, 6.45) is 0. The third-order valence-corrected chi connectivity index (χ3v) is 5.37. The molecule has 0 bridgehead atoms. The van der Waals surface area contributed by atoms with Crippen LogP contribution in [-0.4, -0.2) is 27.2 Å². The van der Waals surface area contributed by atoms with Crippen LogP contribution >= 0.6 is 0 Å². The summed E-state index contributed by atoms with van der Waals surface area (Å²) in [5.74, 6) is -1.41. The highest BCUT2D eigenvalue weighted by atomic mass is 16.4. The number of amides is 1. The highest BCUT2D eigenvalue weighted by Gasteiger charge is 2.21. The van der Waals surface area contributed by atoms with E-state index >= 15 is 0 Å². The first-order chi connectivity index (χ1) is 15.9. The van der Waals surface area contributed by atoms with Crippen LogP contribution in [0.2, 0.25) is 0 Å². The van der Waals surface area contributed by atoms with Gasteiger partial charge in [0, 0.05) is 17.2 Å². The van der Waals surface area contributed by atoms with E-state index in [-0.39, 0.29) is 28.9 Å². The molecule has 0 aliphatic carbocycles. The molecule has 0 aliphatic rings. The van der Waals surface area contributed by atoms with Crippen molar-refractivity contribution in [3.8, 4) is 11.5 Å². The molecular weight excluding hydrogens is 418 g/mol. The lowest BCUT2D eigenvalue weighted by Gasteiger charge is -2.22. The number of rotatable bonds is 6. The molecule has 33 heavy (non-hydrogen) atoms. The normalized spacial score (nSPS) is 10.7. The van der Waals surface area contributed by atoms with E-state index in [0.29, 0.717) is 11.3 Å². The van der Waals surface area contributed by atoms with Crippen LogP contribution in [0.25, 0.3) is 0 Å². The van der Waals surface area contributed by atoms with Gasteiger partial charge in [0.05, 0.1) is 5.56 Å². The molecule has 0 fully saturated rings. The van der Waals surface area contributed by atoms with E-state index in [9.17, 15) is 19.8 Å². The van der Waals surface area contributed by atoms with E-state index < -0.39 is 5.97 Å². The number of nitrogens with one attached hydrogen (secondary N) is 1. The first kappa shape index (κ1) is 21.6. The molecule has 1 amide bonds. The Balaban J connectivity index is 1.73. The minimum Gasteiger partial charge on any atom is -0.508 e. The molecule has 0 saturated heterocycles. The summed E-state index contributed by atoms with van der Waals surface area (Å²) in [7, 11) is 0. The second-order valence-corrected chi connectivity index (χ2v) is 7.54.